The van der Waals surface area contributed by atoms with Gasteiger partial charge in [-0.05, 0) is 80.0 Å². The van der Waals surface area contributed by atoms with Gasteiger partial charge in [-0.15, -0.1) is 17.7 Å². The molecule has 53 heavy (non-hydrogen) atoms. The third-order valence-corrected chi connectivity index (χ3v) is 10.3. The van der Waals surface area contributed by atoms with Gasteiger partial charge in [0.1, 0.15) is 0 Å². The van der Waals surface area contributed by atoms with Crippen LogP contribution >= 0.6 is 0 Å². The first kappa shape index (κ1) is 38.2. The van der Waals surface area contributed by atoms with Crippen LogP contribution in [0.5, 0.6) is 0 Å². The Morgan fingerprint density at radius 3 is 1.34 bits per heavy atom. The van der Waals surface area contributed by atoms with E-state index in [-0.39, 0.29) is 22.4 Å². The first-order valence-corrected chi connectivity index (χ1v) is 18.9. The molecule has 0 bridgehead atoms. The summed E-state index contributed by atoms with van der Waals surface area (Å²) in [5.41, 5.74) is 15.4. The van der Waals surface area contributed by atoms with Crippen molar-refractivity contribution in [1.29, 1.82) is 0 Å². The topological polar surface area (TPSA) is 20.6 Å². The van der Waals surface area contributed by atoms with E-state index in [0.717, 1.165) is 11.0 Å². The first-order valence-electron chi connectivity index (χ1n) is 18.9. The Kier molecular flexibility index (Phi) is 11.7. The predicted molar refractivity (Wildman–Crippen MR) is 224 cm³/mol. The van der Waals surface area contributed by atoms with Gasteiger partial charge in [-0.1, -0.05) is 177 Å². The SMILES string of the molecule is CC(C)c1cccc(C(C)C)c1N1[CH-]N(c2c(C(C)C)cccc2C(C)C)c2ccccc21.[Au].c1ccc(-c2cccc3[n-]c4ccccc4c23)cc1. The Labute approximate surface area is 332 Å². The summed E-state index contributed by atoms with van der Waals surface area (Å²) >= 11 is 0. The third kappa shape index (κ3) is 7.36. The van der Waals surface area contributed by atoms with Crippen molar-refractivity contribution < 1.29 is 22.4 Å². The Balaban J connectivity index is 0.000000203. The first-order chi connectivity index (χ1) is 25.2. The Hall–Kier alpha value is -4.54. The maximum atomic E-state index is 4.70. The van der Waals surface area contributed by atoms with E-state index in [0.29, 0.717) is 23.7 Å². The van der Waals surface area contributed by atoms with E-state index in [4.69, 9.17) is 4.98 Å². The van der Waals surface area contributed by atoms with Gasteiger partial charge in [-0.2, -0.15) is 0 Å². The molecule has 1 aliphatic heterocycles. The fourth-order valence-corrected chi connectivity index (χ4v) is 7.73. The van der Waals surface area contributed by atoms with Crippen molar-refractivity contribution in [2.75, 3.05) is 9.80 Å². The predicted octanol–water partition coefficient (Wildman–Crippen LogP) is 14.2. The molecule has 0 unspecified atom stereocenters. The Morgan fingerprint density at radius 2 is 0.849 bits per heavy atom. The quantitative estimate of drug-likeness (QED) is 0.118. The molecule has 7 aromatic rings. The van der Waals surface area contributed by atoms with Crippen LogP contribution in [0, 0.1) is 6.67 Å². The van der Waals surface area contributed by atoms with Crippen LogP contribution in [0.15, 0.2) is 133 Å². The molecule has 8 rings (SSSR count). The molecule has 1 aliphatic rings. The van der Waals surface area contributed by atoms with E-state index in [2.05, 4.69) is 193 Å². The van der Waals surface area contributed by atoms with E-state index in [1.165, 1.54) is 66.9 Å². The van der Waals surface area contributed by atoms with Crippen LogP contribution < -0.4 is 14.8 Å². The van der Waals surface area contributed by atoms with Crippen LogP contribution in [0.25, 0.3) is 32.9 Å². The molecule has 3 nitrogen and oxygen atoms in total. The number of fused-ring (bicyclic) bond motifs is 4. The van der Waals surface area contributed by atoms with Crippen molar-refractivity contribution in [3.63, 3.8) is 0 Å². The zero-order valence-corrected chi connectivity index (χ0v) is 34.4. The summed E-state index contributed by atoms with van der Waals surface area (Å²) in [7, 11) is 0. The molecule has 0 amide bonds. The standard InChI is InChI=1S/C31H39N2.C18H12N.Au/c1-20(2)24-13-11-14-25(21(3)4)30(24)32-19-33(29-18-10-9-17-28(29)32)31-26(22(5)6)15-12-16-27(31)23(7)8;1-2-7-13(8-3-1)14-10-6-12-17-18(14)15-9-4-5-11-16(15)19-17;/h9-23H,1-8H3;1-12H;/q2*-1;. The molecule has 275 valence electrons. The summed E-state index contributed by atoms with van der Waals surface area (Å²) in [6, 6.07) is 47.7. The van der Waals surface area contributed by atoms with Crippen LogP contribution in [0.3, 0.4) is 0 Å². The molecule has 0 N–H and O–H groups in total. The third-order valence-electron chi connectivity index (χ3n) is 10.3. The summed E-state index contributed by atoms with van der Waals surface area (Å²) < 4.78 is 0. The summed E-state index contributed by atoms with van der Waals surface area (Å²) in [5.74, 6) is 1.79. The van der Waals surface area contributed by atoms with Crippen molar-refractivity contribution in [3.8, 4) is 11.1 Å². The van der Waals surface area contributed by atoms with E-state index in [1.54, 1.807) is 0 Å². The van der Waals surface area contributed by atoms with Gasteiger partial charge >= 0.3 is 0 Å². The van der Waals surface area contributed by atoms with Crippen LogP contribution in [0.2, 0.25) is 0 Å². The largest absolute Gasteiger partial charge is 0.657 e. The number of nitrogens with zero attached hydrogens (tertiary/aromatic N) is 3. The number of para-hydroxylation sites is 5. The van der Waals surface area contributed by atoms with E-state index in [9.17, 15) is 0 Å². The van der Waals surface area contributed by atoms with Crippen LogP contribution in [0.4, 0.5) is 22.7 Å². The number of hydrogen-bond acceptors (Lipinski definition) is 2. The summed E-state index contributed by atoms with van der Waals surface area (Å²) in [6.45, 7) is 20.7. The minimum Gasteiger partial charge on any atom is -0.657 e. The fourth-order valence-electron chi connectivity index (χ4n) is 7.73. The van der Waals surface area contributed by atoms with Crippen LogP contribution in [-0.2, 0) is 22.4 Å². The number of hydrogen-bond donors (Lipinski definition) is 0. The molecule has 0 saturated carbocycles. The van der Waals surface area contributed by atoms with Gasteiger partial charge in [0.2, 0.25) is 0 Å². The van der Waals surface area contributed by atoms with Crippen LogP contribution in [-0.4, -0.2) is 0 Å². The molecule has 0 atom stereocenters. The van der Waals surface area contributed by atoms with Gasteiger partial charge in [0.05, 0.1) is 0 Å². The average Bonchev–Trinajstić information content (AvgIpc) is 3.73. The zero-order chi connectivity index (χ0) is 36.5. The van der Waals surface area contributed by atoms with Crippen molar-refractivity contribution >= 4 is 44.6 Å². The van der Waals surface area contributed by atoms with Gasteiger partial charge in [0, 0.05) is 45.1 Å². The smallest absolute Gasteiger partial charge is 0.0345 e. The number of anilines is 4. The number of benzene rings is 6. The molecule has 0 aliphatic carbocycles. The monoisotopic (exact) mass is 878 g/mol. The summed E-state index contributed by atoms with van der Waals surface area (Å²) in [5, 5.41) is 2.49. The molecule has 6 aromatic carbocycles. The van der Waals surface area contributed by atoms with Gasteiger partial charge in [0.25, 0.3) is 0 Å². The second-order valence-electron chi connectivity index (χ2n) is 15.2. The van der Waals surface area contributed by atoms with Gasteiger partial charge in [-0.3, -0.25) is 0 Å². The summed E-state index contributed by atoms with van der Waals surface area (Å²) in [6.07, 6.45) is 0. The molecular weight excluding hydrogens is 828 g/mol. The van der Waals surface area contributed by atoms with Gasteiger partial charge in [-0.25, -0.2) is 0 Å². The van der Waals surface area contributed by atoms with Crippen LogP contribution in [0.1, 0.15) is 101 Å². The second-order valence-corrected chi connectivity index (χ2v) is 15.2. The molecule has 1 radical (unpaired) electrons. The zero-order valence-electron chi connectivity index (χ0n) is 32.2. The molecule has 4 heteroatoms. The van der Waals surface area contributed by atoms with E-state index < -0.39 is 0 Å². The van der Waals surface area contributed by atoms with E-state index in [1.807, 2.05) is 12.1 Å². The second kappa shape index (κ2) is 16.2. The molecule has 2 heterocycles. The van der Waals surface area contributed by atoms with Gasteiger partial charge < -0.3 is 14.8 Å². The van der Waals surface area contributed by atoms with Crippen molar-refractivity contribution in [3.05, 3.63) is 162 Å². The maximum absolute atomic E-state index is 4.70. The molecule has 1 aromatic heterocycles. The number of aromatic nitrogens is 1. The average molecular weight is 879 g/mol. The van der Waals surface area contributed by atoms with Gasteiger partial charge in [0.15, 0.2) is 0 Å². The van der Waals surface area contributed by atoms with E-state index >= 15 is 0 Å². The Morgan fingerprint density at radius 1 is 0.434 bits per heavy atom. The molecule has 0 saturated heterocycles. The van der Waals surface area contributed by atoms with Crippen molar-refractivity contribution in [2.24, 2.45) is 0 Å². The minimum atomic E-state index is 0. The Bertz CT molecular complexity index is 2170. The number of rotatable bonds is 7. The summed E-state index contributed by atoms with van der Waals surface area (Å²) in [4.78, 5) is 9.59. The maximum Gasteiger partial charge on any atom is 0.0345 e. The normalized spacial score (nSPS) is 12.5. The van der Waals surface area contributed by atoms with Crippen molar-refractivity contribution in [2.45, 2.75) is 79.1 Å². The van der Waals surface area contributed by atoms with Crippen molar-refractivity contribution in [1.82, 2.24) is 4.98 Å². The molecule has 0 spiro atoms. The molecular formula is C49H51AuN3-2. The minimum absolute atomic E-state index is 0. The molecule has 0 fully saturated rings. The fraction of sp³-hybridized carbons (Fsp3) is 0.245.